The number of hydrogen-bond acceptors (Lipinski definition) is 6. The maximum Gasteiger partial charge on any atom is 0.241 e. The number of likely N-dealkylation sites (tertiary alicyclic amines) is 1. The maximum atomic E-state index is 11.5. The molecule has 1 atom stereocenters. The van der Waals surface area contributed by atoms with Crippen LogP contribution in [0.1, 0.15) is 18.7 Å². The van der Waals surface area contributed by atoms with Crippen molar-refractivity contribution in [3.05, 3.63) is 35.2 Å². The van der Waals surface area contributed by atoms with Crippen LogP contribution < -0.4 is 0 Å². The van der Waals surface area contributed by atoms with Crippen LogP contribution in [0.4, 0.5) is 0 Å². The lowest BCUT2D eigenvalue weighted by molar-refractivity contribution is 0.158. The smallest absolute Gasteiger partial charge is 0.241 e. The molecule has 0 radical (unpaired) electrons. The second-order valence-electron chi connectivity index (χ2n) is 6.35. The number of benzene rings is 1. The van der Waals surface area contributed by atoms with E-state index < -0.39 is 9.84 Å². The van der Waals surface area contributed by atoms with Crippen LogP contribution >= 0.6 is 11.6 Å². The van der Waals surface area contributed by atoms with Crippen LogP contribution in [0.25, 0.3) is 11.4 Å². The third-order valence-corrected chi connectivity index (χ3v) is 5.40. The van der Waals surface area contributed by atoms with E-state index in [4.69, 9.17) is 16.1 Å². The summed E-state index contributed by atoms with van der Waals surface area (Å²) in [5.41, 5.74) is 0.850. The molecule has 8 heteroatoms. The van der Waals surface area contributed by atoms with Crippen molar-refractivity contribution in [2.75, 3.05) is 25.1 Å². The van der Waals surface area contributed by atoms with Gasteiger partial charge in [0.05, 0.1) is 12.3 Å². The highest BCUT2D eigenvalue weighted by atomic mass is 35.5. The fourth-order valence-corrected chi connectivity index (χ4v) is 4.34. The molecule has 1 aliphatic heterocycles. The molecule has 24 heavy (non-hydrogen) atoms. The van der Waals surface area contributed by atoms with Crippen molar-refractivity contribution < 1.29 is 12.9 Å². The van der Waals surface area contributed by atoms with Crippen LogP contribution in [0.2, 0.25) is 5.02 Å². The zero-order valence-corrected chi connectivity index (χ0v) is 15.1. The first kappa shape index (κ1) is 17.4. The number of aromatic nitrogens is 2. The normalized spacial score (nSPS) is 19.5. The van der Waals surface area contributed by atoms with Crippen LogP contribution in [0.5, 0.6) is 0 Å². The SMILES string of the molecule is CS(=O)(=O)C[C@@H]1CCCN(Cc2nc(-c3ccc(Cl)cc3)no2)C1. The average molecular weight is 370 g/mol. The lowest BCUT2D eigenvalue weighted by atomic mass is 10.0. The van der Waals surface area contributed by atoms with Gasteiger partial charge in [0, 0.05) is 23.4 Å². The first-order valence-electron chi connectivity index (χ1n) is 7.88. The highest BCUT2D eigenvalue weighted by Crippen LogP contribution is 2.22. The van der Waals surface area contributed by atoms with Gasteiger partial charge in [0.2, 0.25) is 11.7 Å². The van der Waals surface area contributed by atoms with Gasteiger partial charge in [-0.05, 0) is 49.6 Å². The summed E-state index contributed by atoms with van der Waals surface area (Å²) in [7, 11) is -2.94. The van der Waals surface area contributed by atoms with Crippen molar-refractivity contribution >= 4 is 21.4 Å². The minimum Gasteiger partial charge on any atom is -0.338 e. The van der Waals surface area contributed by atoms with Crippen LogP contribution in [-0.4, -0.2) is 48.6 Å². The van der Waals surface area contributed by atoms with E-state index in [0.717, 1.165) is 31.5 Å². The Morgan fingerprint density at radius 2 is 2.08 bits per heavy atom. The van der Waals surface area contributed by atoms with Gasteiger partial charge in [-0.1, -0.05) is 16.8 Å². The molecule has 1 fully saturated rings. The predicted octanol–water partition coefficient (Wildman–Crippen LogP) is 2.65. The molecule has 2 heterocycles. The summed E-state index contributed by atoms with van der Waals surface area (Å²) in [4.78, 5) is 6.60. The summed E-state index contributed by atoms with van der Waals surface area (Å²) >= 11 is 5.88. The fourth-order valence-electron chi connectivity index (χ4n) is 3.09. The molecule has 0 aliphatic carbocycles. The number of piperidine rings is 1. The van der Waals surface area contributed by atoms with Crippen molar-refractivity contribution in [2.24, 2.45) is 5.92 Å². The summed E-state index contributed by atoms with van der Waals surface area (Å²) < 4.78 is 28.3. The second kappa shape index (κ2) is 7.21. The Balaban J connectivity index is 1.63. The minimum absolute atomic E-state index is 0.174. The molecule has 0 bridgehead atoms. The van der Waals surface area contributed by atoms with E-state index in [1.54, 1.807) is 12.1 Å². The lowest BCUT2D eigenvalue weighted by Crippen LogP contribution is -2.37. The Labute approximate surface area is 146 Å². The van der Waals surface area contributed by atoms with Crippen LogP contribution in [0.3, 0.4) is 0 Å². The highest BCUT2D eigenvalue weighted by molar-refractivity contribution is 7.90. The Morgan fingerprint density at radius 3 is 2.79 bits per heavy atom. The molecule has 0 amide bonds. The van der Waals surface area contributed by atoms with Gasteiger partial charge in [-0.3, -0.25) is 4.90 Å². The van der Waals surface area contributed by atoms with E-state index in [9.17, 15) is 8.42 Å². The second-order valence-corrected chi connectivity index (χ2v) is 8.98. The number of rotatable bonds is 5. The molecule has 1 aromatic heterocycles. The van der Waals surface area contributed by atoms with Crippen molar-refractivity contribution in [2.45, 2.75) is 19.4 Å². The Morgan fingerprint density at radius 1 is 1.33 bits per heavy atom. The van der Waals surface area contributed by atoms with Gasteiger partial charge in [0.25, 0.3) is 0 Å². The van der Waals surface area contributed by atoms with E-state index in [1.165, 1.54) is 6.26 Å². The third kappa shape index (κ3) is 4.78. The molecule has 3 rings (SSSR count). The topological polar surface area (TPSA) is 76.3 Å². The van der Waals surface area contributed by atoms with E-state index in [0.29, 0.717) is 23.3 Å². The first-order valence-corrected chi connectivity index (χ1v) is 10.3. The van der Waals surface area contributed by atoms with Gasteiger partial charge in [-0.15, -0.1) is 0 Å². The zero-order chi connectivity index (χ0) is 17.2. The summed E-state index contributed by atoms with van der Waals surface area (Å²) in [5, 5.41) is 4.67. The van der Waals surface area contributed by atoms with Crippen molar-refractivity contribution in [3.63, 3.8) is 0 Å². The van der Waals surface area contributed by atoms with Gasteiger partial charge >= 0.3 is 0 Å². The van der Waals surface area contributed by atoms with Gasteiger partial charge in [0.1, 0.15) is 9.84 Å². The highest BCUT2D eigenvalue weighted by Gasteiger charge is 2.24. The quantitative estimate of drug-likeness (QED) is 0.806. The lowest BCUT2D eigenvalue weighted by Gasteiger charge is -2.31. The third-order valence-electron chi connectivity index (χ3n) is 4.07. The molecule has 0 spiro atoms. The number of hydrogen-bond donors (Lipinski definition) is 0. The number of nitrogens with zero attached hydrogens (tertiary/aromatic N) is 3. The molecule has 130 valence electrons. The molecule has 1 aromatic carbocycles. The molecular weight excluding hydrogens is 350 g/mol. The van der Waals surface area contributed by atoms with Gasteiger partial charge in [-0.25, -0.2) is 8.42 Å². The minimum atomic E-state index is -2.94. The first-order chi connectivity index (χ1) is 11.4. The predicted molar refractivity (Wildman–Crippen MR) is 92.5 cm³/mol. The van der Waals surface area contributed by atoms with E-state index in [1.807, 2.05) is 12.1 Å². The molecule has 0 N–H and O–H groups in total. The zero-order valence-electron chi connectivity index (χ0n) is 13.5. The largest absolute Gasteiger partial charge is 0.338 e. The van der Waals surface area contributed by atoms with E-state index >= 15 is 0 Å². The molecule has 0 unspecified atom stereocenters. The summed E-state index contributed by atoms with van der Waals surface area (Å²) in [5.74, 6) is 1.49. The monoisotopic (exact) mass is 369 g/mol. The molecule has 1 aliphatic rings. The molecule has 0 saturated carbocycles. The summed E-state index contributed by atoms with van der Waals surface area (Å²) in [6.07, 6.45) is 3.23. The molecular formula is C16H20ClN3O3S. The van der Waals surface area contributed by atoms with E-state index in [-0.39, 0.29) is 11.7 Å². The van der Waals surface area contributed by atoms with Crippen LogP contribution in [0.15, 0.2) is 28.8 Å². The Hall–Kier alpha value is -1.44. The summed E-state index contributed by atoms with van der Waals surface area (Å²) in [6.45, 7) is 2.20. The fraction of sp³-hybridized carbons (Fsp3) is 0.500. The Kier molecular flexibility index (Phi) is 5.22. The van der Waals surface area contributed by atoms with E-state index in [2.05, 4.69) is 15.0 Å². The van der Waals surface area contributed by atoms with Crippen molar-refractivity contribution in [3.8, 4) is 11.4 Å². The van der Waals surface area contributed by atoms with Gasteiger partial charge in [-0.2, -0.15) is 4.98 Å². The molecule has 1 saturated heterocycles. The molecule has 6 nitrogen and oxygen atoms in total. The summed E-state index contributed by atoms with van der Waals surface area (Å²) in [6, 6.07) is 7.26. The molecule has 2 aromatic rings. The standard InChI is InChI=1S/C16H20ClN3O3S/c1-24(21,22)11-12-3-2-8-20(9-12)10-15-18-16(19-23-15)13-4-6-14(17)7-5-13/h4-7,12H,2-3,8-11H2,1H3/t12-/m1/s1. The number of halogens is 1. The van der Waals surface area contributed by atoms with Crippen LogP contribution in [0, 0.1) is 5.92 Å². The maximum absolute atomic E-state index is 11.5. The average Bonchev–Trinajstić information content (AvgIpc) is 2.95. The van der Waals surface area contributed by atoms with Crippen molar-refractivity contribution in [1.82, 2.24) is 15.0 Å². The van der Waals surface area contributed by atoms with Crippen LogP contribution in [-0.2, 0) is 16.4 Å². The number of sulfone groups is 1. The van der Waals surface area contributed by atoms with Gasteiger partial charge < -0.3 is 4.52 Å². The van der Waals surface area contributed by atoms with Crippen molar-refractivity contribution in [1.29, 1.82) is 0 Å². The Bertz CT molecular complexity index is 789. The van der Waals surface area contributed by atoms with Gasteiger partial charge in [0.15, 0.2) is 0 Å².